The van der Waals surface area contributed by atoms with Gasteiger partial charge in [-0.05, 0) is 61.6 Å². The molecule has 3 aromatic rings. The van der Waals surface area contributed by atoms with Gasteiger partial charge >= 0.3 is 0 Å². The third-order valence-electron chi connectivity index (χ3n) is 6.57. The molecule has 4 atom stereocenters. The number of anilines is 1. The summed E-state index contributed by atoms with van der Waals surface area (Å²) in [7, 11) is 0. The molecule has 5 rings (SSSR count). The molecule has 0 aliphatic heterocycles. The molecule has 3 nitrogen and oxygen atoms in total. The second-order valence-corrected chi connectivity index (χ2v) is 8.17. The molecule has 2 aliphatic carbocycles. The van der Waals surface area contributed by atoms with Gasteiger partial charge in [0.25, 0.3) is 0 Å². The quantitative estimate of drug-likeness (QED) is 0.691. The first kappa shape index (κ1) is 16.5. The number of aryl methyl sites for hydroxylation is 1. The molecule has 3 heteroatoms. The Morgan fingerprint density at radius 2 is 1.78 bits per heavy atom. The number of benzene rings is 2. The zero-order chi connectivity index (χ0) is 18.4. The van der Waals surface area contributed by atoms with E-state index < -0.39 is 0 Å². The zero-order valence-electron chi connectivity index (χ0n) is 15.6. The second kappa shape index (κ2) is 6.49. The highest BCUT2D eigenvalue weighted by molar-refractivity contribution is 6.01. The van der Waals surface area contributed by atoms with Crippen molar-refractivity contribution in [3.05, 3.63) is 71.9 Å². The van der Waals surface area contributed by atoms with Crippen molar-refractivity contribution in [3.63, 3.8) is 0 Å². The van der Waals surface area contributed by atoms with Crippen molar-refractivity contribution in [2.45, 2.75) is 32.1 Å². The van der Waals surface area contributed by atoms with Crippen LogP contribution in [-0.2, 0) is 4.79 Å². The van der Waals surface area contributed by atoms with E-state index >= 15 is 0 Å². The van der Waals surface area contributed by atoms with Gasteiger partial charge in [0.2, 0.25) is 5.91 Å². The van der Waals surface area contributed by atoms with Gasteiger partial charge in [-0.1, -0.05) is 48.0 Å². The minimum absolute atomic E-state index is 0.0606. The van der Waals surface area contributed by atoms with Crippen LogP contribution in [0.5, 0.6) is 0 Å². The SMILES string of the molecule is Cc1ccc(C2C3CCC(C3)C2C(=O)Nc2cccc3cccnc23)cc1. The van der Waals surface area contributed by atoms with Crippen LogP contribution in [0.4, 0.5) is 5.69 Å². The molecule has 0 spiro atoms. The molecule has 1 heterocycles. The number of rotatable bonds is 3. The predicted molar refractivity (Wildman–Crippen MR) is 109 cm³/mol. The number of carbonyl (C=O) groups excluding carboxylic acids is 1. The fraction of sp³-hybridized carbons (Fsp3) is 0.333. The van der Waals surface area contributed by atoms with Crippen LogP contribution in [0.25, 0.3) is 10.9 Å². The summed E-state index contributed by atoms with van der Waals surface area (Å²) < 4.78 is 0. The van der Waals surface area contributed by atoms with Crippen LogP contribution in [0.15, 0.2) is 60.8 Å². The number of pyridine rings is 1. The largest absolute Gasteiger partial charge is 0.324 e. The number of nitrogens with zero attached hydrogens (tertiary/aromatic N) is 1. The van der Waals surface area contributed by atoms with Crippen LogP contribution >= 0.6 is 0 Å². The summed E-state index contributed by atoms with van der Waals surface area (Å²) >= 11 is 0. The van der Waals surface area contributed by atoms with Crippen molar-refractivity contribution in [2.75, 3.05) is 5.32 Å². The lowest BCUT2D eigenvalue weighted by Gasteiger charge is -2.30. The van der Waals surface area contributed by atoms with Gasteiger partial charge in [0.15, 0.2) is 0 Å². The van der Waals surface area contributed by atoms with Gasteiger partial charge in [0.1, 0.15) is 0 Å². The Morgan fingerprint density at radius 1 is 1.00 bits per heavy atom. The van der Waals surface area contributed by atoms with Crippen LogP contribution in [0, 0.1) is 24.7 Å². The Morgan fingerprint density at radius 3 is 2.63 bits per heavy atom. The Labute approximate surface area is 159 Å². The van der Waals surface area contributed by atoms with E-state index in [0.29, 0.717) is 17.8 Å². The fourth-order valence-corrected chi connectivity index (χ4v) is 5.36. The Hall–Kier alpha value is -2.68. The minimum Gasteiger partial charge on any atom is -0.324 e. The van der Waals surface area contributed by atoms with E-state index in [0.717, 1.165) is 16.6 Å². The normalized spacial score (nSPS) is 26.4. The number of hydrogen-bond acceptors (Lipinski definition) is 2. The first-order valence-corrected chi connectivity index (χ1v) is 9.92. The summed E-state index contributed by atoms with van der Waals surface area (Å²) in [5, 5.41) is 4.28. The lowest BCUT2D eigenvalue weighted by Crippen LogP contribution is -2.32. The summed E-state index contributed by atoms with van der Waals surface area (Å²) in [6.45, 7) is 2.11. The van der Waals surface area contributed by atoms with Gasteiger partial charge in [-0.25, -0.2) is 0 Å². The monoisotopic (exact) mass is 356 g/mol. The molecular formula is C24H24N2O. The van der Waals surface area contributed by atoms with Crippen LogP contribution in [0.1, 0.15) is 36.3 Å². The molecular weight excluding hydrogens is 332 g/mol. The van der Waals surface area contributed by atoms with Gasteiger partial charge in [0.05, 0.1) is 11.2 Å². The van der Waals surface area contributed by atoms with E-state index in [1.54, 1.807) is 6.20 Å². The maximum Gasteiger partial charge on any atom is 0.228 e. The van der Waals surface area contributed by atoms with Crippen LogP contribution in [0.3, 0.4) is 0 Å². The molecule has 4 unspecified atom stereocenters. The van der Waals surface area contributed by atoms with Crippen molar-refractivity contribution in [1.29, 1.82) is 0 Å². The summed E-state index contributed by atoms with van der Waals surface area (Å²) in [6.07, 6.45) is 5.40. The maximum atomic E-state index is 13.4. The summed E-state index contributed by atoms with van der Waals surface area (Å²) in [6, 6.07) is 18.7. The summed E-state index contributed by atoms with van der Waals surface area (Å²) in [5.74, 6) is 1.70. The number of aromatic nitrogens is 1. The highest BCUT2D eigenvalue weighted by Gasteiger charge is 2.51. The van der Waals surface area contributed by atoms with Crippen molar-refractivity contribution in [3.8, 4) is 0 Å². The maximum absolute atomic E-state index is 13.4. The minimum atomic E-state index is 0.0606. The summed E-state index contributed by atoms with van der Waals surface area (Å²) in [5.41, 5.74) is 4.28. The molecule has 2 aromatic carbocycles. The number of carbonyl (C=O) groups is 1. The van der Waals surface area contributed by atoms with Crippen LogP contribution < -0.4 is 5.32 Å². The molecule has 27 heavy (non-hydrogen) atoms. The molecule has 0 saturated heterocycles. The standard InChI is InChI=1S/C24H24N2O/c1-15-7-9-16(10-8-15)21-18-11-12-19(14-18)22(21)24(27)26-20-6-2-4-17-5-3-13-25-23(17)20/h2-10,13,18-19,21-22H,11-12,14H2,1H3,(H,26,27). The number of hydrogen-bond donors (Lipinski definition) is 1. The third kappa shape index (κ3) is 2.82. The van der Waals surface area contributed by atoms with Gasteiger partial charge in [-0.15, -0.1) is 0 Å². The molecule has 1 amide bonds. The number of fused-ring (bicyclic) bond motifs is 3. The van der Waals surface area contributed by atoms with Gasteiger partial charge in [-0.3, -0.25) is 9.78 Å². The average Bonchev–Trinajstić information content (AvgIpc) is 3.30. The van der Waals surface area contributed by atoms with Crippen molar-refractivity contribution < 1.29 is 4.79 Å². The summed E-state index contributed by atoms with van der Waals surface area (Å²) in [4.78, 5) is 17.8. The van der Waals surface area contributed by atoms with Gasteiger partial charge < -0.3 is 5.32 Å². The number of nitrogens with one attached hydrogen (secondary N) is 1. The molecule has 2 saturated carbocycles. The highest BCUT2D eigenvalue weighted by atomic mass is 16.1. The molecule has 2 fully saturated rings. The van der Waals surface area contributed by atoms with E-state index in [-0.39, 0.29) is 11.8 Å². The Balaban J connectivity index is 1.47. The Bertz CT molecular complexity index is 989. The van der Waals surface area contributed by atoms with E-state index in [2.05, 4.69) is 41.5 Å². The topological polar surface area (TPSA) is 42.0 Å². The number of amides is 1. The smallest absolute Gasteiger partial charge is 0.228 e. The zero-order valence-corrected chi connectivity index (χ0v) is 15.6. The number of para-hydroxylation sites is 1. The van der Waals surface area contributed by atoms with E-state index in [9.17, 15) is 4.79 Å². The molecule has 2 bridgehead atoms. The van der Waals surface area contributed by atoms with E-state index in [4.69, 9.17) is 0 Å². The van der Waals surface area contributed by atoms with Crippen molar-refractivity contribution in [2.24, 2.45) is 17.8 Å². The third-order valence-corrected chi connectivity index (χ3v) is 6.57. The molecule has 1 N–H and O–H groups in total. The van der Waals surface area contributed by atoms with Gasteiger partial charge in [0, 0.05) is 17.5 Å². The lowest BCUT2D eigenvalue weighted by atomic mass is 9.75. The molecule has 1 aromatic heterocycles. The van der Waals surface area contributed by atoms with Crippen molar-refractivity contribution in [1.82, 2.24) is 4.98 Å². The van der Waals surface area contributed by atoms with Crippen molar-refractivity contribution >= 4 is 22.5 Å². The van der Waals surface area contributed by atoms with Gasteiger partial charge in [-0.2, -0.15) is 0 Å². The first-order chi connectivity index (χ1) is 13.2. The Kier molecular flexibility index (Phi) is 3.96. The van der Waals surface area contributed by atoms with E-state index in [1.165, 1.54) is 30.4 Å². The van der Waals surface area contributed by atoms with Crippen LogP contribution in [0.2, 0.25) is 0 Å². The fourth-order valence-electron chi connectivity index (χ4n) is 5.36. The molecule has 0 radical (unpaired) electrons. The van der Waals surface area contributed by atoms with Crippen LogP contribution in [-0.4, -0.2) is 10.9 Å². The average molecular weight is 356 g/mol. The second-order valence-electron chi connectivity index (χ2n) is 8.17. The molecule has 136 valence electrons. The first-order valence-electron chi connectivity index (χ1n) is 9.92. The predicted octanol–water partition coefficient (Wildman–Crippen LogP) is 5.31. The highest BCUT2D eigenvalue weighted by Crippen LogP contribution is 2.57. The molecule has 2 aliphatic rings. The van der Waals surface area contributed by atoms with E-state index in [1.807, 2.05) is 30.3 Å². The lowest BCUT2D eigenvalue weighted by molar-refractivity contribution is -0.121.